The number of aryl methyl sites for hydroxylation is 2. The molecule has 0 aliphatic rings. The predicted molar refractivity (Wildman–Crippen MR) is 70.1 cm³/mol. The van der Waals surface area contributed by atoms with Crippen molar-refractivity contribution in [2.45, 2.75) is 32.6 Å². The zero-order valence-electron chi connectivity index (χ0n) is 9.81. The van der Waals surface area contributed by atoms with Crippen molar-refractivity contribution in [3.05, 3.63) is 52.0 Å². The van der Waals surface area contributed by atoms with Gasteiger partial charge >= 0.3 is 0 Å². The molecule has 2 heteroatoms. The maximum Gasteiger partial charge on any atom is 0.0953 e. The Morgan fingerprint density at radius 2 is 1.88 bits per heavy atom. The van der Waals surface area contributed by atoms with E-state index in [1.165, 1.54) is 16.3 Å². The second-order valence-corrected chi connectivity index (χ2v) is 5.21. The summed E-state index contributed by atoms with van der Waals surface area (Å²) in [6, 6.07) is 10.6. The largest absolute Gasteiger partial charge is 0.246 e. The van der Waals surface area contributed by atoms with Crippen LogP contribution in [0.5, 0.6) is 0 Å². The Bertz CT molecular complexity index is 431. The van der Waals surface area contributed by atoms with Gasteiger partial charge in [-0.1, -0.05) is 44.2 Å². The highest BCUT2D eigenvalue weighted by molar-refractivity contribution is 7.09. The molecule has 0 amide bonds. The van der Waals surface area contributed by atoms with Gasteiger partial charge in [0.2, 0.25) is 0 Å². The third-order valence-corrected chi connectivity index (χ3v) is 3.77. The molecule has 0 saturated carbocycles. The normalized spacial score (nSPS) is 10.9. The van der Waals surface area contributed by atoms with Gasteiger partial charge in [0.05, 0.1) is 10.7 Å². The zero-order valence-corrected chi connectivity index (χ0v) is 10.6. The van der Waals surface area contributed by atoms with Gasteiger partial charge in [-0.05, 0) is 18.4 Å². The number of hydrogen-bond acceptors (Lipinski definition) is 2. The highest BCUT2D eigenvalue weighted by Gasteiger charge is 2.05. The number of hydrogen-bond donors (Lipinski definition) is 0. The zero-order chi connectivity index (χ0) is 11.4. The fourth-order valence-corrected chi connectivity index (χ4v) is 2.49. The van der Waals surface area contributed by atoms with Crippen molar-refractivity contribution in [1.29, 1.82) is 0 Å². The SMILES string of the molecule is CC(C)c1nc(CCc2ccccc2)cs1. The Kier molecular flexibility index (Phi) is 3.73. The van der Waals surface area contributed by atoms with Crippen molar-refractivity contribution in [1.82, 2.24) is 4.98 Å². The molecular weight excluding hydrogens is 214 g/mol. The van der Waals surface area contributed by atoms with Crippen LogP contribution in [-0.4, -0.2) is 4.98 Å². The average molecular weight is 231 g/mol. The van der Waals surface area contributed by atoms with Gasteiger partial charge in [0.25, 0.3) is 0 Å². The number of aromatic nitrogens is 1. The maximum absolute atomic E-state index is 4.64. The standard InChI is InChI=1S/C14H17NS/c1-11(2)14-15-13(10-16-14)9-8-12-6-4-3-5-7-12/h3-7,10-11H,8-9H2,1-2H3. The third-order valence-electron chi connectivity index (χ3n) is 2.58. The van der Waals surface area contributed by atoms with E-state index >= 15 is 0 Å². The summed E-state index contributed by atoms with van der Waals surface area (Å²) in [6.07, 6.45) is 2.13. The predicted octanol–water partition coefficient (Wildman–Crippen LogP) is 4.05. The molecule has 1 aromatic heterocycles. The highest BCUT2D eigenvalue weighted by Crippen LogP contribution is 2.19. The molecule has 0 atom stereocenters. The molecule has 2 rings (SSSR count). The van der Waals surface area contributed by atoms with E-state index in [0.29, 0.717) is 5.92 Å². The van der Waals surface area contributed by atoms with Gasteiger partial charge in [-0.25, -0.2) is 4.98 Å². The molecule has 0 aliphatic heterocycles. The topological polar surface area (TPSA) is 12.9 Å². The fraction of sp³-hybridized carbons (Fsp3) is 0.357. The molecule has 0 unspecified atom stereocenters. The van der Waals surface area contributed by atoms with Crippen molar-refractivity contribution < 1.29 is 0 Å². The first kappa shape index (κ1) is 11.3. The molecule has 0 saturated heterocycles. The van der Waals surface area contributed by atoms with Gasteiger partial charge in [-0.2, -0.15) is 0 Å². The Balaban J connectivity index is 1.95. The maximum atomic E-state index is 4.64. The van der Waals surface area contributed by atoms with E-state index in [-0.39, 0.29) is 0 Å². The van der Waals surface area contributed by atoms with Crippen molar-refractivity contribution in [2.75, 3.05) is 0 Å². The highest BCUT2D eigenvalue weighted by atomic mass is 32.1. The summed E-state index contributed by atoms with van der Waals surface area (Å²) in [5.74, 6) is 0.551. The molecular formula is C14H17NS. The monoisotopic (exact) mass is 231 g/mol. The van der Waals surface area contributed by atoms with E-state index in [1.807, 2.05) is 0 Å². The summed E-state index contributed by atoms with van der Waals surface area (Å²) in [5.41, 5.74) is 2.62. The molecule has 1 aromatic carbocycles. The quantitative estimate of drug-likeness (QED) is 0.773. The summed E-state index contributed by atoms with van der Waals surface area (Å²) in [5, 5.41) is 3.45. The first-order valence-electron chi connectivity index (χ1n) is 5.74. The Hall–Kier alpha value is -1.15. The summed E-state index contributed by atoms with van der Waals surface area (Å²) in [4.78, 5) is 4.64. The van der Waals surface area contributed by atoms with Crippen LogP contribution in [-0.2, 0) is 12.8 Å². The molecule has 1 nitrogen and oxygen atoms in total. The molecule has 0 bridgehead atoms. The van der Waals surface area contributed by atoms with Gasteiger partial charge in [-0.15, -0.1) is 11.3 Å². The molecule has 2 aromatic rings. The van der Waals surface area contributed by atoms with Gasteiger partial charge in [0, 0.05) is 11.3 Å². The molecule has 0 N–H and O–H groups in total. The van der Waals surface area contributed by atoms with Crippen LogP contribution in [0, 0.1) is 0 Å². The van der Waals surface area contributed by atoms with E-state index in [1.54, 1.807) is 11.3 Å². The molecule has 0 spiro atoms. The van der Waals surface area contributed by atoms with E-state index in [0.717, 1.165) is 12.8 Å². The van der Waals surface area contributed by atoms with Crippen LogP contribution >= 0.6 is 11.3 Å². The van der Waals surface area contributed by atoms with Crippen LogP contribution < -0.4 is 0 Å². The van der Waals surface area contributed by atoms with Crippen LogP contribution in [0.25, 0.3) is 0 Å². The number of nitrogens with zero attached hydrogens (tertiary/aromatic N) is 1. The lowest BCUT2D eigenvalue weighted by Crippen LogP contribution is -1.92. The molecule has 16 heavy (non-hydrogen) atoms. The summed E-state index contributed by atoms with van der Waals surface area (Å²) < 4.78 is 0. The molecule has 1 heterocycles. The van der Waals surface area contributed by atoms with Crippen LogP contribution in [0.15, 0.2) is 35.7 Å². The van der Waals surface area contributed by atoms with Crippen molar-refractivity contribution >= 4 is 11.3 Å². The summed E-state index contributed by atoms with van der Waals surface area (Å²) in [7, 11) is 0. The van der Waals surface area contributed by atoms with Crippen molar-refractivity contribution in [2.24, 2.45) is 0 Å². The molecule has 0 radical (unpaired) electrons. The lowest BCUT2D eigenvalue weighted by Gasteiger charge is -1.99. The molecule has 0 aliphatic carbocycles. The first-order chi connectivity index (χ1) is 7.75. The number of rotatable bonds is 4. The van der Waals surface area contributed by atoms with E-state index in [9.17, 15) is 0 Å². The fourth-order valence-electron chi connectivity index (χ4n) is 1.62. The Labute approximate surface area is 101 Å². The molecule has 84 valence electrons. The Morgan fingerprint density at radius 3 is 2.50 bits per heavy atom. The first-order valence-corrected chi connectivity index (χ1v) is 6.62. The van der Waals surface area contributed by atoms with Crippen LogP contribution in [0.1, 0.15) is 36.0 Å². The van der Waals surface area contributed by atoms with Crippen LogP contribution in [0.3, 0.4) is 0 Å². The van der Waals surface area contributed by atoms with Gasteiger partial charge in [0.15, 0.2) is 0 Å². The minimum atomic E-state index is 0.551. The van der Waals surface area contributed by atoms with Crippen LogP contribution in [0.4, 0.5) is 0 Å². The number of thiazole rings is 1. The second kappa shape index (κ2) is 5.26. The minimum absolute atomic E-state index is 0.551. The van der Waals surface area contributed by atoms with Crippen LogP contribution in [0.2, 0.25) is 0 Å². The Morgan fingerprint density at radius 1 is 1.12 bits per heavy atom. The summed E-state index contributed by atoms with van der Waals surface area (Å²) in [6.45, 7) is 4.39. The summed E-state index contributed by atoms with van der Waals surface area (Å²) >= 11 is 1.78. The average Bonchev–Trinajstić information content (AvgIpc) is 2.76. The van der Waals surface area contributed by atoms with Gasteiger partial charge in [-0.3, -0.25) is 0 Å². The lowest BCUT2D eigenvalue weighted by atomic mass is 10.1. The lowest BCUT2D eigenvalue weighted by molar-refractivity contribution is 0.829. The van der Waals surface area contributed by atoms with Gasteiger partial charge < -0.3 is 0 Å². The van der Waals surface area contributed by atoms with E-state index in [2.05, 4.69) is 54.5 Å². The second-order valence-electron chi connectivity index (χ2n) is 4.32. The third kappa shape index (κ3) is 2.92. The smallest absolute Gasteiger partial charge is 0.0953 e. The molecule has 0 fully saturated rings. The van der Waals surface area contributed by atoms with E-state index in [4.69, 9.17) is 0 Å². The van der Waals surface area contributed by atoms with Crippen molar-refractivity contribution in [3.63, 3.8) is 0 Å². The number of benzene rings is 1. The van der Waals surface area contributed by atoms with E-state index < -0.39 is 0 Å². The van der Waals surface area contributed by atoms with Crippen molar-refractivity contribution in [3.8, 4) is 0 Å². The van der Waals surface area contributed by atoms with Gasteiger partial charge in [0.1, 0.15) is 0 Å². The minimum Gasteiger partial charge on any atom is -0.246 e.